The van der Waals surface area contributed by atoms with E-state index in [0.29, 0.717) is 22.7 Å². The van der Waals surface area contributed by atoms with E-state index < -0.39 is 0 Å². The number of benzene rings is 1. The van der Waals surface area contributed by atoms with Crippen molar-refractivity contribution in [2.75, 3.05) is 17.7 Å². The summed E-state index contributed by atoms with van der Waals surface area (Å²) in [6.07, 6.45) is 4.76. The minimum Gasteiger partial charge on any atom is -0.481 e. The average molecular weight is 424 g/mol. The van der Waals surface area contributed by atoms with Crippen LogP contribution in [0.15, 0.2) is 49.3 Å². The Morgan fingerprint density at radius 1 is 1.17 bits per heavy atom. The summed E-state index contributed by atoms with van der Waals surface area (Å²) in [6.45, 7) is 7.43. The number of rotatable bonds is 8. The van der Waals surface area contributed by atoms with Gasteiger partial charge >= 0.3 is 0 Å². The quantitative estimate of drug-likeness (QED) is 0.496. The standard InChI is InChI=1S/C22H22ClN5O2/c1-5-16(29)9-15-8-13(2)6-7-18(15)26-21-17(23)12-25-22(28-21)27-19-10-20(30-4)24-11-14(19)3/h5-8,10-12H,1,9H2,2-4H3,(H2,24,25,26,27,28). The van der Waals surface area contributed by atoms with Crippen molar-refractivity contribution < 1.29 is 9.53 Å². The first kappa shape index (κ1) is 21.3. The molecule has 7 nitrogen and oxygen atoms in total. The summed E-state index contributed by atoms with van der Waals surface area (Å²) < 4.78 is 5.17. The van der Waals surface area contributed by atoms with Gasteiger partial charge in [-0.05, 0) is 37.1 Å². The van der Waals surface area contributed by atoms with Gasteiger partial charge in [-0.3, -0.25) is 4.79 Å². The van der Waals surface area contributed by atoms with E-state index in [2.05, 4.69) is 32.2 Å². The van der Waals surface area contributed by atoms with Gasteiger partial charge < -0.3 is 15.4 Å². The third-order valence-electron chi connectivity index (χ3n) is 4.38. The van der Waals surface area contributed by atoms with Gasteiger partial charge in [0.25, 0.3) is 0 Å². The Balaban J connectivity index is 1.90. The van der Waals surface area contributed by atoms with Crippen LogP contribution in [0.25, 0.3) is 0 Å². The molecule has 0 atom stereocenters. The van der Waals surface area contributed by atoms with Gasteiger partial charge in [-0.2, -0.15) is 4.98 Å². The van der Waals surface area contributed by atoms with Crippen molar-refractivity contribution in [2.24, 2.45) is 0 Å². The summed E-state index contributed by atoms with van der Waals surface area (Å²) in [4.78, 5) is 24.8. The Morgan fingerprint density at radius 3 is 2.70 bits per heavy atom. The van der Waals surface area contributed by atoms with Crippen LogP contribution in [0.2, 0.25) is 5.02 Å². The molecule has 0 amide bonds. The molecule has 0 saturated heterocycles. The molecule has 30 heavy (non-hydrogen) atoms. The van der Waals surface area contributed by atoms with Gasteiger partial charge in [-0.25, -0.2) is 9.97 Å². The van der Waals surface area contributed by atoms with E-state index in [0.717, 1.165) is 28.1 Å². The summed E-state index contributed by atoms with van der Waals surface area (Å²) in [5.74, 6) is 1.19. The number of aryl methyl sites for hydroxylation is 2. The van der Waals surface area contributed by atoms with Gasteiger partial charge in [0.2, 0.25) is 11.8 Å². The maximum atomic E-state index is 11.9. The largest absolute Gasteiger partial charge is 0.481 e. The van der Waals surface area contributed by atoms with E-state index in [1.54, 1.807) is 19.4 Å². The number of allylic oxidation sites excluding steroid dienone is 1. The zero-order valence-corrected chi connectivity index (χ0v) is 17.7. The first-order chi connectivity index (χ1) is 14.4. The van der Waals surface area contributed by atoms with Crippen LogP contribution < -0.4 is 15.4 Å². The lowest BCUT2D eigenvalue weighted by Gasteiger charge is -2.14. The van der Waals surface area contributed by atoms with Gasteiger partial charge in [0.15, 0.2) is 11.6 Å². The fourth-order valence-electron chi connectivity index (χ4n) is 2.76. The highest BCUT2D eigenvalue weighted by molar-refractivity contribution is 6.32. The number of ether oxygens (including phenoxy) is 1. The third-order valence-corrected chi connectivity index (χ3v) is 4.66. The van der Waals surface area contributed by atoms with Gasteiger partial charge in [0, 0.05) is 24.4 Å². The van der Waals surface area contributed by atoms with E-state index in [1.165, 1.54) is 12.3 Å². The fraction of sp³-hybridized carbons (Fsp3) is 0.182. The molecule has 0 spiro atoms. The normalized spacial score (nSPS) is 10.4. The number of carbonyl (C=O) groups is 1. The van der Waals surface area contributed by atoms with Crippen LogP contribution in [-0.4, -0.2) is 27.8 Å². The summed E-state index contributed by atoms with van der Waals surface area (Å²) in [7, 11) is 1.55. The van der Waals surface area contributed by atoms with E-state index >= 15 is 0 Å². The topological polar surface area (TPSA) is 89.0 Å². The molecule has 1 aromatic carbocycles. The number of nitrogens with one attached hydrogen (secondary N) is 2. The number of methoxy groups -OCH3 is 1. The minimum atomic E-state index is -0.0677. The number of hydrogen-bond donors (Lipinski definition) is 2. The zero-order valence-electron chi connectivity index (χ0n) is 17.0. The second kappa shape index (κ2) is 9.37. The van der Waals surface area contributed by atoms with Gasteiger partial charge in [0.05, 0.1) is 19.0 Å². The van der Waals surface area contributed by atoms with Crippen LogP contribution in [0, 0.1) is 13.8 Å². The Bertz CT molecular complexity index is 1100. The Labute approximate surface area is 180 Å². The highest BCUT2D eigenvalue weighted by atomic mass is 35.5. The van der Waals surface area contributed by atoms with E-state index in [-0.39, 0.29) is 12.2 Å². The Kier molecular flexibility index (Phi) is 6.64. The summed E-state index contributed by atoms with van der Waals surface area (Å²) in [5.41, 5.74) is 4.30. The molecule has 2 heterocycles. The Hall–Kier alpha value is -3.45. The molecule has 154 valence electrons. The highest BCUT2D eigenvalue weighted by Crippen LogP contribution is 2.28. The van der Waals surface area contributed by atoms with E-state index in [9.17, 15) is 4.79 Å². The van der Waals surface area contributed by atoms with Crippen molar-refractivity contribution in [3.8, 4) is 5.88 Å². The molecule has 3 aromatic rings. The first-order valence-corrected chi connectivity index (χ1v) is 9.59. The van der Waals surface area contributed by atoms with Crippen molar-refractivity contribution in [1.29, 1.82) is 0 Å². The van der Waals surface area contributed by atoms with Crippen LogP contribution in [-0.2, 0) is 11.2 Å². The molecule has 0 aliphatic rings. The molecule has 0 saturated carbocycles. The lowest BCUT2D eigenvalue weighted by Crippen LogP contribution is -2.06. The van der Waals surface area contributed by atoms with Crippen LogP contribution in [0.4, 0.5) is 23.1 Å². The van der Waals surface area contributed by atoms with Crippen LogP contribution in [0.5, 0.6) is 5.88 Å². The van der Waals surface area contributed by atoms with E-state index in [4.69, 9.17) is 16.3 Å². The maximum absolute atomic E-state index is 11.9. The highest BCUT2D eigenvalue weighted by Gasteiger charge is 2.12. The predicted octanol–water partition coefficient (Wildman–Crippen LogP) is 4.94. The molecule has 3 rings (SSSR count). The number of pyridine rings is 1. The fourth-order valence-corrected chi connectivity index (χ4v) is 2.90. The molecule has 0 aliphatic carbocycles. The first-order valence-electron chi connectivity index (χ1n) is 9.21. The monoisotopic (exact) mass is 423 g/mol. The number of anilines is 4. The van der Waals surface area contributed by atoms with Crippen molar-refractivity contribution in [3.63, 3.8) is 0 Å². The predicted molar refractivity (Wildman–Crippen MR) is 119 cm³/mol. The minimum absolute atomic E-state index is 0.0677. The number of halogens is 1. The molecule has 0 aliphatic heterocycles. The molecule has 0 fully saturated rings. The molecule has 2 aromatic heterocycles. The number of aromatic nitrogens is 3. The molecular formula is C22H22ClN5O2. The van der Waals surface area contributed by atoms with Gasteiger partial charge in [0.1, 0.15) is 5.02 Å². The molecule has 2 N–H and O–H groups in total. The third kappa shape index (κ3) is 5.12. The van der Waals surface area contributed by atoms with Crippen LogP contribution in [0.3, 0.4) is 0 Å². The molecule has 0 unspecified atom stereocenters. The van der Waals surface area contributed by atoms with Crippen molar-refractivity contribution in [3.05, 3.63) is 71.0 Å². The number of carbonyl (C=O) groups excluding carboxylic acids is 1. The molecular weight excluding hydrogens is 402 g/mol. The SMILES string of the molecule is C=CC(=O)Cc1cc(C)ccc1Nc1nc(Nc2cc(OC)ncc2C)ncc1Cl. The lowest BCUT2D eigenvalue weighted by atomic mass is 10.0. The number of ketones is 1. The van der Waals surface area contributed by atoms with Gasteiger partial charge in [-0.1, -0.05) is 35.9 Å². The van der Waals surface area contributed by atoms with Crippen molar-refractivity contribution in [2.45, 2.75) is 20.3 Å². The molecule has 0 radical (unpaired) electrons. The smallest absolute Gasteiger partial charge is 0.229 e. The molecule has 8 heteroatoms. The summed E-state index contributed by atoms with van der Waals surface area (Å²) >= 11 is 6.32. The summed E-state index contributed by atoms with van der Waals surface area (Å²) in [6, 6.07) is 7.56. The number of hydrogen-bond acceptors (Lipinski definition) is 7. The lowest BCUT2D eigenvalue weighted by molar-refractivity contribution is -0.114. The van der Waals surface area contributed by atoms with Crippen LogP contribution >= 0.6 is 11.6 Å². The van der Waals surface area contributed by atoms with Crippen LogP contribution in [0.1, 0.15) is 16.7 Å². The Morgan fingerprint density at radius 2 is 1.97 bits per heavy atom. The average Bonchev–Trinajstić information content (AvgIpc) is 2.73. The second-order valence-corrected chi connectivity index (χ2v) is 7.10. The van der Waals surface area contributed by atoms with Crippen molar-refractivity contribution >= 4 is 40.5 Å². The van der Waals surface area contributed by atoms with Gasteiger partial charge in [-0.15, -0.1) is 0 Å². The second-order valence-electron chi connectivity index (χ2n) is 6.69. The van der Waals surface area contributed by atoms with Crippen molar-refractivity contribution in [1.82, 2.24) is 15.0 Å². The maximum Gasteiger partial charge on any atom is 0.229 e. The molecule has 0 bridgehead atoms. The van der Waals surface area contributed by atoms with E-state index in [1.807, 2.05) is 32.0 Å². The number of nitrogens with zero attached hydrogens (tertiary/aromatic N) is 3. The summed E-state index contributed by atoms with van der Waals surface area (Å²) in [5, 5.41) is 6.72. The zero-order chi connectivity index (χ0) is 21.7.